The zero-order chi connectivity index (χ0) is 13.5. The molecular weight excluding hydrogens is 220 g/mol. The largest absolute Gasteiger partial charge is 0.329 e. The molecule has 0 amide bonds. The van der Waals surface area contributed by atoms with Gasteiger partial charge in [-0.2, -0.15) is 0 Å². The van der Waals surface area contributed by atoms with E-state index in [1.807, 2.05) is 0 Å². The molecule has 0 fully saturated rings. The summed E-state index contributed by atoms with van der Waals surface area (Å²) in [6.07, 6.45) is 7.62. The highest BCUT2D eigenvalue weighted by Gasteiger charge is 2.17. The molecule has 2 atom stereocenters. The summed E-state index contributed by atoms with van der Waals surface area (Å²) in [4.78, 5) is 0. The van der Waals surface area contributed by atoms with E-state index >= 15 is 0 Å². The van der Waals surface area contributed by atoms with Crippen LogP contribution in [-0.2, 0) is 0 Å². The number of nitrogens with one attached hydrogen (secondary N) is 1. The third-order valence-corrected chi connectivity index (χ3v) is 3.31. The molecule has 0 aliphatic carbocycles. The van der Waals surface area contributed by atoms with Gasteiger partial charge in [-0.3, -0.25) is 5.32 Å². The maximum absolute atomic E-state index is 5.91. The van der Waals surface area contributed by atoms with Crippen molar-refractivity contribution in [3.8, 4) is 12.3 Å². The minimum absolute atomic E-state index is 0.0996. The van der Waals surface area contributed by atoms with Gasteiger partial charge in [0.15, 0.2) is 0 Å². The second-order valence-corrected chi connectivity index (χ2v) is 4.77. The Morgan fingerprint density at radius 1 is 1.33 bits per heavy atom. The van der Waals surface area contributed by atoms with Crippen LogP contribution in [0.15, 0.2) is 18.2 Å². The lowest BCUT2D eigenvalue weighted by Gasteiger charge is -2.24. The maximum Gasteiger partial charge on any atom is 0.0692 e. The SMILES string of the molecule is C#CC(CCC)NC(CN)c1c(C)cccc1C. The molecule has 0 saturated heterocycles. The standard InChI is InChI=1S/C16H24N2/c1-5-8-14(6-2)18-15(11-17)16-12(3)9-7-10-13(16)4/h2,7,9-10,14-15,18H,5,8,11,17H2,1,3-4H3. The van der Waals surface area contributed by atoms with Crippen molar-refractivity contribution in [3.05, 3.63) is 34.9 Å². The second kappa shape index (κ2) is 7.20. The van der Waals surface area contributed by atoms with Gasteiger partial charge in [0, 0.05) is 12.6 Å². The number of benzene rings is 1. The van der Waals surface area contributed by atoms with Crippen LogP contribution >= 0.6 is 0 Å². The van der Waals surface area contributed by atoms with Crippen LogP contribution in [0, 0.1) is 26.2 Å². The number of rotatable bonds is 6. The number of terminal acetylenes is 1. The molecule has 2 nitrogen and oxygen atoms in total. The second-order valence-electron chi connectivity index (χ2n) is 4.77. The monoisotopic (exact) mass is 244 g/mol. The summed E-state index contributed by atoms with van der Waals surface area (Å²) in [6, 6.07) is 6.56. The van der Waals surface area contributed by atoms with E-state index in [0.717, 1.165) is 12.8 Å². The van der Waals surface area contributed by atoms with Gasteiger partial charge in [0.1, 0.15) is 0 Å². The Labute approximate surface area is 111 Å². The number of hydrogen-bond acceptors (Lipinski definition) is 2. The van der Waals surface area contributed by atoms with Crippen LogP contribution in [-0.4, -0.2) is 12.6 Å². The Morgan fingerprint density at radius 2 is 1.94 bits per heavy atom. The van der Waals surface area contributed by atoms with E-state index in [9.17, 15) is 0 Å². The fraction of sp³-hybridized carbons (Fsp3) is 0.500. The van der Waals surface area contributed by atoms with Crippen molar-refractivity contribution >= 4 is 0 Å². The zero-order valence-corrected chi connectivity index (χ0v) is 11.7. The van der Waals surface area contributed by atoms with Gasteiger partial charge in [0.05, 0.1) is 6.04 Å². The topological polar surface area (TPSA) is 38.0 Å². The van der Waals surface area contributed by atoms with Crippen molar-refractivity contribution in [3.63, 3.8) is 0 Å². The molecule has 0 aromatic heterocycles. The van der Waals surface area contributed by atoms with Gasteiger partial charge in [0.2, 0.25) is 0 Å². The van der Waals surface area contributed by atoms with Crippen molar-refractivity contribution in [2.45, 2.75) is 45.7 Å². The van der Waals surface area contributed by atoms with Crippen LogP contribution in [0.5, 0.6) is 0 Å². The van der Waals surface area contributed by atoms with Gasteiger partial charge >= 0.3 is 0 Å². The van der Waals surface area contributed by atoms with Crippen molar-refractivity contribution in [1.29, 1.82) is 0 Å². The molecule has 0 aliphatic rings. The van der Waals surface area contributed by atoms with E-state index in [1.54, 1.807) is 0 Å². The minimum atomic E-state index is 0.0996. The molecule has 1 aromatic rings. The molecule has 1 rings (SSSR count). The molecule has 0 radical (unpaired) electrons. The molecule has 2 heteroatoms. The predicted molar refractivity (Wildman–Crippen MR) is 78.4 cm³/mol. The van der Waals surface area contributed by atoms with Gasteiger partial charge < -0.3 is 5.73 Å². The van der Waals surface area contributed by atoms with Gasteiger partial charge in [-0.05, 0) is 37.0 Å². The first-order valence-corrected chi connectivity index (χ1v) is 6.62. The molecule has 2 unspecified atom stereocenters. The van der Waals surface area contributed by atoms with E-state index in [1.165, 1.54) is 16.7 Å². The highest BCUT2D eigenvalue weighted by Crippen LogP contribution is 2.22. The molecule has 98 valence electrons. The predicted octanol–water partition coefficient (Wildman–Crippen LogP) is 2.69. The van der Waals surface area contributed by atoms with E-state index in [4.69, 9.17) is 12.2 Å². The summed E-state index contributed by atoms with van der Waals surface area (Å²) in [5, 5.41) is 3.49. The Bertz CT molecular complexity index is 397. The van der Waals surface area contributed by atoms with Gasteiger partial charge in [-0.25, -0.2) is 0 Å². The molecule has 0 saturated carbocycles. The Balaban J connectivity index is 2.93. The Kier molecular flexibility index (Phi) is 5.91. The maximum atomic E-state index is 5.91. The van der Waals surface area contributed by atoms with E-state index < -0.39 is 0 Å². The Hall–Kier alpha value is -1.30. The average Bonchev–Trinajstić information content (AvgIpc) is 2.36. The lowest BCUT2D eigenvalue weighted by molar-refractivity contribution is 0.473. The van der Waals surface area contributed by atoms with Crippen LogP contribution in [0.3, 0.4) is 0 Å². The van der Waals surface area contributed by atoms with E-state index in [2.05, 4.69) is 50.2 Å². The normalized spacial score (nSPS) is 13.9. The fourth-order valence-electron chi connectivity index (χ4n) is 2.39. The summed E-state index contributed by atoms with van der Waals surface area (Å²) in [6.45, 7) is 6.95. The number of aryl methyl sites for hydroxylation is 2. The van der Waals surface area contributed by atoms with Gasteiger partial charge in [0.25, 0.3) is 0 Å². The molecule has 3 N–H and O–H groups in total. The summed E-state index contributed by atoms with van der Waals surface area (Å²) >= 11 is 0. The van der Waals surface area contributed by atoms with Gasteiger partial charge in [-0.15, -0.1) is 6.42 Å². The number of hydrogen-bond donors (Lipinski definition) is 2. The number of nitrogens with two attached hydrogens (primary N) is 1. The molecular formula is C16H24N2. The third kappa shape index (κ3) is 3.60. The first-order chi connectivity index (χ1) is 8.63. The van der Waals surface area contributed by atoms with Crippen molar-refractivity contribution in [2.24, 2.45) is 5.73 Å². The van der Waals surface area contributed by atoms with Crippen LogP contribution in [0.2, 0.25) is 0 Å². The van der Waals surface area contributed by atoms with Crippen molar-refractivity contribution in [2.75, 3.05) is 6.54 Å². The molecule has 0 heterocycles. The van der Waals surface area contributed by atoms with Crippen LogP contribution in [0.1, 0.15) is 42.5 Å². The van der Waals surface area contributed by atoms with Crippen LogP contribution < -0.4 is 11.1 Å². The van der Waals surface area contributed by atoms with Crippen molar-refractivity contribution < 1.29 is 0 Å². The first kappa shape index (κ1) is 14.8. The van der Waals surface area contributed by atoms with Crippen LogP contribution in [0.25, 0.3) is 0 Å². The third-order valence-electron chi connectivity index (χ3n) is 3.31. The zero-order valence-electron chi connectivity index (χ0n) is 11.7. The summed E-state index contributed by atoms with van der Waals surface area (Å²) in [5.41, 5.74) is 9.74. The average molecular weight is 244 g/mol. The summed E-state index contributed by atoms with van der Waals surface area (Å²) in [7, 11) is 0. The molecule has 18 heavy (non-hydrogen) atoms. The fourth-order valence-corrected chi connectivity index (χ4v) is 2.39. The molecule has 0 bridgehead atoms. The van der Waals surface area contributed by atoms with E-state index in [-0.39, 0.29) is 12.1 Å². The van der Waals surface area contributed by atoms with E-state index in [0.29, 0.717) is 6.54 Å². The molecule has 0 spiro atoms. The van der Waals surface area contributed by atoms with Gasteiger partial charge in [-0.1, -0.05) is 37.5 Å². The Morgan fingerprint density at radius 3 is 2.39 bits per heavy atom. The lowest BCUT2D eigenvalue weighted by Crippen LogP contribution is -2.36. The quantitative estimate of drug-likeness (QED) is 0.755. The molecule has 1 aromatic carbocycles. The van der Waals surface area contributed by atoms with Crippen LogP contribution in [0.4, 0.5) is 0 Å². The molecule has 0 aliphatic heterocycles. The highest BCUT2D eigenvalue weighted by atomic mass is 15.0. The summed E-state index contributed by atoms with van der Waals surface area (Å²) in [5.74, 6) is 2.81. The van der Waals surface area contributed by atoms with Crippen molar-refractivity contribution in [1.82, 2.24) is 5.32 Å². The smallest absolute Gasteiger partial charge is 0.0692 e. The highest BCUT2D eigenvalue weighted by molar-refractivity contribution is 5.36. The first-order valence-electron chi connectivity index (χ1n) is 6.62. The summed E-state index contributed by atoms with van der Waals surface area (Å²) < 4.78 is 0. The minimum Gasteiger partial charge on any atom is -0.329 e. The lowest BCUT2D eigenvalue weighted by atomic mass is 9.95.